The summed E-state index contributed by atoms with van der Waals surface area (Å²) in [6.07, 6.45) is 4.15. The maximum absolute atomic E-state index is 13.1. The Kier molecular flexibility index (Phi) is 6.77. The Balaban J connectivity index is 1.51. The molecule has 0 spiro atoms. The number of aromatic nitrogens is 1. The number of ether oxygens (including phenoxy) is 1. The van der Waals surface area contributed by atoms with E-state index in [1.165, 1.54) is 11.3 Å². The number of likely N-dealkylation sites (tertiary alicyclic amines) is 1. The third-order valence-corrected chi connectivity index (χ3v) is 7.67. The number of oxime groups is 1. The highest BCUT2D eigenvalue weighted by molar-refractivity contribution is 7.16. The summed E-state index contributed by atoms with van der Waals surface area (Å²) in [5, 5.41) is 13.9. The summed E-state index contributed by atoms with van der Waals surface area (Å²) in [5.41, 5.74) is 13.3. The molecule has 0 unspecified atom stereocenters. The smallest absolute Gasteiger partial charge is 0.345 e. The van der Waals surface area contributed by atoms with Crippen molar-refractivity contribution in [2.75, 3.05) is 25.9 Å². The number of nitrogen functional groups attached to an aromatic ring is 1. The molecule has 4 rings (SSSR count). The van der Waals surface area contributed by atoms with Gasteiger partial charge in [-0.2, -0.15) is 5.26 Å². The van der Waals surface area contributed by atoms with Gasteiger partial charge < -0.3 is 25.9 Å². The lowest BCUT2D eigenvalue weighted by Crippen LogP contribution is -2.37. The third kappa shape index (κ3) is 4.72. The summed E-state index contributed by atoms with van der Waals surface area (Å²) in [6, 6.07) is 5.71. The molecule has 2 aromatic rings. The van der Waals surface area contributed by atoms with Crippen LogP contribution in [0.3, 0.4) is 0 Å². The Morgan fingerprint density at radius 3 is 2.82 bits per heavy atom. The average molecular weight is 483 g/mol. The molecule has 0 bridgehead atoms. The van der Waals surface area contributed by atoms with Crippen LogP contribution in [0.15, 0.2) is 17.3 Å². The van der Waals surface area contributed by atoms with Crippen molar-refractivity contribution in [3.05, 3.63) is 39.5 Å². The highest BCUT2D eigenvalue weighted by atomic mass is 32.1. The van der Waals surface area contributed by atoms with Crippen molar-refractivity contribution in [3.8, 4) is 11.8 Å². The van der Waals surface area contributed by atoms with Gasteiger partial charge in [-0.3, -0.25) is 0 Å². The van der Waals surface area contributed by atoms with E-state index < -0.39 is 11.4 Å². The summed E-state index contributed by atoms with van der Waals surface area (Å²) in [4.78, 5) is 26.1. The fraction of sp³-hybridized carbons (Fsp3) is 0.500. The van der Waals surface area contributed by atoms with Crippen LogP contribution in [-0.2, 0) is 21.5 Å². The van der Waals surface area contributed by atoms with Crippen molar-refractivity contribution < 1.29 is 14.4 Å². The van der Waals surface area contributed by atoms with Crippen LogP contribution in [0.1, 0.15) is 60.0 Å². The zero-order valence-corrected chi connectivity index (χ0v) is 20.6. The number of thiophene rings is 1. The van der Waals surface area contributed by atoms with Gasteiger partial charge >= 0.3 is 5.97 Å². The van der Waals surface area contributed by atoms with Gasteiger partial charge in [-0.1, -0.05) is 5.16 Å². The molecule has 0 saturated carbocycles. The van der Waals surface area contributed by atoms with Crippen molar-refractivity contribution in [1.82, 2.24) is 9.88 Å². The first-order valence-corrected chi connectivity index (χ1v) is 12.2. The monoisotopic (exact) mass is 482 g/mol. The first kappa shape index (κ1) is 24.0. The Morgan fingerprint density at radius 2 is 2.12 bits per heavy atom. The van der Waals surface area contributed by atoms with E-state index in [-0.39, 0.29) is 11.9 Å². The van der Waals surface area contributed by atoms with Crippen LogP contribution in [0.2, 0.25) is 0 Å². The van der Waals surface area contributed by atoms with Crippen LogP contribution in [0.4, 0.5) is 5.00 Å². The van der Waals surface area contributed by atoms with Crippen LogP contribution in [0.25, 0.3) is 0 Å². The molecule has 10 heteroatoms. The van der Waals surface area contributed by atoms with Crippen LogP contribution < -0.4 is 16.2 Å². The van der Waals surface area contributed by atoms with Crippen LogP contribution in [0, 0.1) is 18.3 Å². The van der Waals surface area contributed by atoms with Crippen LogP contribution >= 0.6 is 11.3 Å². The topological polar surface area (TPSA) is 140 Å². The highest BCUT2D eigenvalue weighted by Crippen LogP contribution is 2.46. The number of anilines is 1. The molecule has 2 aromatic heterocycles. The number of carbonyl (C=O) groups excluding carboxylic acids is 1. The number of nitrogens with two attached hydrogens (primary N) is 2. The number of piperidine rings is 1. The molecular weight excluding hydrogens is 452 g/mol. The number of hydrogen-bond acceptors (Lipinski definition) is 9. The predicted molar refractivity (Wildman–Crippen MR) is 131 cm³/mol. The maximum Gasteiger partial charge on any atom is 0.345 e. The van der Waals surface area contributed by atoms with Crippen LogP contribution in [-0.4, -0.2) is 47.9 Å². The molecule has 180 valence electrons. The first-order chi connectivity index (χ1) is 16.2. The van der Waals surface area contributed by atoms with Gasteiger partial charge in [0.1, 0.15) is 28.6 Å². The predicted octanol–water partition coefficient (Wildman–Crippen LogP) is 2.84. The fourth-order valence-electron chi connectivity index (χ4n) is 4.67. The molecule has 3 heterocycles. The zero-order chi connectivity index (χ0) is 24.5. The fourth-order valence-corrected chi connectivity index (χ4v) is 5.86. The lowest BCUT2D eigenvalue weighted by atomic mass is 9.72. The van der Waals surface area contributed by atoms with Gasteiger partial charge in [-0.15, -0.1) is 11.3 Å². The normalized spacial score (nSPS) is 21.5. The summed E-state index contributed by atoms with van der Waals surface area (Å²) in [6.45, 7) is 5.60. The van der Waals surface area contributed by atoms with Gasteiger partial charge in [0.25, 0.3) is 0 Å². The van der Waals surface area contributed by atoms with E-state index in [0.29, 0.717) is 34.0 Å². The van der Waals surface area contributed by atoms with Crippen molar-refractivity contribution >= 4 is 28.1 Å². The van der Waals surface area contributed by atoms with E-state index in [1.54, 1.807) is 13.0 Å². The SMILES string of the molecule is Cc1cc(OC2CCN(C)CC2)cc(/C(N)=N/OC(=O)[C@@]2(C)CCCc3sc(N)c(C#N)c32)n1. The number of hydrogen-bond donors (Lipinski definition) is 2. The van der Waals surface area contributed by atoms with E-state index in [1.807, 2.05) is 13.0 Å². The molecule has 9 nitrogen and oxygen atoms in total. The maximum atomic E-state index is 13.1. The first-order valence-electron chi connectivity index (χ1n) is 11.4. The van der Waals surface area contributed by atoms with Gasteiger partial charge in [-0.05, 0) is 53.0 Å². The number of fused-ring (bicyclic) bond motifs is 1. The zero-order valence-electron chi connectivity index (χ0n) is 19.8. The second-order valence-corrected chi connectivity index (χ2v) is 10.4. The number of nitriles is 1. The Morgan fingerprint density at radius 1 is 1.38 bits per heavy atom. The van der Waals surface area contributed by atoms with E-state index in [0.717, 1.165) is 49.3 Å². The van der Waals surface area contributed by atoms with E-state index in [9.17, 15) is 10.1 Å². The highest BCUT2D eigenvalue weighted by Gasteiger charge is 2.44. The van der Waals surface area contributed by atoms with Crippen molar-refractivity contribution in [3.63, 3.8) is 0 Å². The lowest BCUT2D eigenvalue weighted by Gasteiger charge is -2.30. The standard InChI is InChI=1S/C24H30N6O3S/c1-14-11-16(32-15-6-9-30(3)10-7-15)12-18(28-14)21(26)29-33-23(31)24(2)8-4-5-19-20(24)17(13-25)22(27)34-19/h11-12,15H,4-10,27H2,1-3H3,(H2,26,29)/t24-/m0/s1. The minimum absolute atomic E-state index is 0.0183. The summed E-state index contributed by atoms with van der Waals surface area (Å²) in [7, 11) is 2.10. The quantitative estimate of drug-likeness (QED) is 0.287. The molecule has 0 radical (unpaired) electrons. The van der Waals surface area contributed by atoms with E-state index in [4.69, 9.17) is 21.0 Å². The van der Waals surface area contributed by atoms with Gasteiger partial charge in [0, 0.05) is 41.4 Å². The molecule has 0 aromatic carbocycles. The third-order valence-electron chi connectivity index (χ3n) is 6.59. The molecule has 1 aliphatic heterocycles. The Labute approximate surface area is 203 Å². The van der Waals surface area contributed by atoms with Crippen molar-refractivity contribution in [2.24, 2.45) is 10.9 Å². The van der Waals surface area contributed by atoms with Crippen molar-refractivity contribution in [2.45, 2.75) is 57.5 Å². The number of aryl methyl sites for hydroxylation is 2. The van der Waals surface area contributed by atoms with Gasteiger partial charge in [0.05, 0.1) is 11.0 Å². The lowest BCUT2D eigenvalue weighted by molar-refractivity contribution is -0.150. The molecule has 1 atom stereocenters. The number of amidine groups is 1. The van der Waals surface area contributed by atoms with Gasteiger partial charge in [-0.25, -0.2) is 9.78 Å². The summed E-state index contributed by atoms with van der Waals surface area (Å²) in [5.74, 6) is 0.0780. The second kappa shape index (κ2) is 9.60. The molecule has 2 aliphatic rings. The number of carbonyl (C=O) groups is 1. The minimum Gasteiger partial charge on any atom is -0.490 e. The minimum atomic E-state index is -1.01. The Bertz CT molecular complexity index is 1160. The summed E-state index contributed by atoms with van der Waals surface area (Å²) < 4.78 is 6.15. The molecule has 34 heavy (non-hydrogen) atoms. The van der Waals surface area contributed by atoms with Crippen LogP contribution in [0.5, 0.6) is 5.75 Å². The number of rotatable bonds is 5. The Hall–Kier alpha value is -3.16. The molecule has 1 fully saturated rings. The van der Waals surface area contributed by atoms with Crippen molar-refractivity contribution in [1.29, 1.82) is 5.26 Å². The second-order valence-electron chi connectivity index (χ2n) is 9.24. The van der Waals surface area contributed by atoms with E-state index >= 15 is 0 Å². The largest absolute Gasteiger partial charge is 0.490 e. The van der Waals surface area contributed by atoms with Gasteiger partial charge in [0.15, 0.2) is 5.84 Å². The molecular formula is C24H30N6O3S. The molecule has 1 aliphatic carbocycles. The van der Waals surface area contributed by atoms with E-state index in [2.05, 4.69) is 28.2 Å². The molecule has 1 saturated heterocycles. The average Bonchev–Trinajstić information content (AvgIpc) is 3.14. The summed E-state index contributed by atoms with van der Waals surface area (Å²) >= 11 is 1.36. The van der Waals surface area contributed by atoms with Gasteiger partial charge in [0.2, 0.25) is 0 Å². The number of nitrogens with zero attached hydrogens (tertiary/aromatic N) is 4. The molecule has 0 amide bonds. The number of pyridine rings is 1. The molecule has 4 N–H and O–H groups in total.